The minimum atomic E-state index is -3.38. The van der Waals surface area contributed by atoms with Crippen LogP contribution in [0.3, 0.4) is 0 Å². The van der Waals surface area contributed by atoms with Crippen molar-refractivity contribution in [2.24, 2.45) is 4.99 Å². The minimum Gasteiger partial charge on any atom is -0.357 e. The van der Waals surface area contributed by atoms with Gasteiger partial charge < -0.3 is 10.6 Å². The molecular weight excluding hydrogens is 487 g/mol. The van der Waals surface area contributed by atoms with Crippen LogP contribution in [0.5, 0.6) is 0 Å². The number of sulfonamides is 1. The first-order valence-electron chi connectivity index (χ1n) is 9.11. The molecule has 0 heterocycles. The summed E-state index contributed by atoms with van der Waals surface area (Å²) in [5.74, 6) is 0.544. The van der Waals surface area contributed by atoms with Crippen molar-refractivity contribution < 1.29 is 8.42 Å². The number of benzene rings is 2. The van der Waals surface area contributed by atoms with Crippen LogP contribution in [0.2, 0.25) is 0 Å². The van der Waals surface area contributed by atoms with Crippen molar-refractivity contribution in [1.82, 2.24) is 15.4 Å². The van der Waals surface area contributed by atoms with Gasteiger partial charge in [-0.1, -0.05) is 60.7 Å². The topological polar surface area (TPSA) is 82.6 Å². The summed E-state index contributed by atoms with van der Waals surface area (Å²) in [6.07, 6.45) is 0. The van der Waals surface area contributed by atoms with Crippen molar-refractivity contribution >= 4 is 40.0 Å². The van der Waals surface area contributed by atoms with Gasteiger partial charge in [-0.05, 0) is 25.0 Å². The third-order valence-corrected chi connectivity index (χ3v) is 5.27. The molecule has 0 aromatic heterocycles. The Balaban J connectivity index is 0.00000392. The highest BCUT2D eigenvalue weighted by Gasteiger charge is 2.11. The van der Waals surface area contributed by atoms with E-state index in [0.29, 0.717) is 12.5 Å². The summed E-state index contributed by atoms with van der Waals surface area (Å²) in [5, 5.41) is 6.45. The van der Waals surface area contributed by atoms with Gasteiger partial charge in [-0.2, -0.15) is 0 Å². The summed E-state index contributed by atoms with van der Waals surface area (Å²) in [5.41, 5.74) is 2.07. The predicted octanol–water partition coefficient (Wildman–Crippen LogP) is 3.04. The van der Waals surface area contributed by atoms with Crippen LogP contribution in [0.4, 0.5) is 0 Å². The van der Waals surface area contributed by atoms with Crippen LogP contribution in [0, 0.1) is 0 Å². The summed E-state index contributed by atoms with van der Waals surface area (Å²) >= 11 is 0. The summed E-state index contributed by atoms with van der Waals surface area (Å²) in [7, 11) is -3.38. The van der Waals surface area contributed by atoms with Crippen molar-refractivity contribution in [2.75, 3.05) is 18.8 Å². The third-order valence-electron chi connectivity index (χ3n) is 3.97. The van der Waals surface area contributed by atoms with E-state index < -0.39 is 10.0 Å². The highest BCUT2D eigenvalue weighted by Crippen LogP contribution is 2.10. The fraction of sp³-hybridized carbons (Fsp3) is 0.350. The second-order valence-electron chi connectivity index (χ2n) is 6.16. The van der Waals surface area contributed by atoms with E-state index in [1.54, 1.807) is 0 Å². The molecule has 0 saturated carbocycles. The Labute approximate surface area is 185 Å². The standard InChI is InChI=1S/C20H28N4O2S.HI/c1-3-21-20(24-17(2)19-12-8-5-9-13-19)22-14-15-27(25,26)23-16-18-10-6-4-7-11-18;/h4-13,17,23H,3,14-16H2,1-2H3,(H2,21,22,24);1H. The van der Waals surface area contributed by atoms with Gasteiger partial charge in [0.2, 0.25) is 10.0 Å². The van der Waals surface area contributed by atoms with Gasteiger partial charge in [0.25, 0.3) is 0 Å². The smallest absolute Gasteiger partial charge is 0.213 e. The summed E-state index contributed by atoms with van der Waals surface area (Å²) in [6, 6.07) is 19.5. The van der Waals surface area contributed by atoms with Gasteiger partial charge in [-0.3, -0.25) is 4.99 Å². The summed E-state index contributed by atoms with van der Waals surface area (Å²) < 4.78 is 26.9. The van der Waals surface area contributed by atoms with Gasteiger partial charge in [0, 0.05) is 13.1 Å². The van der Waals surface area contributed by atoms with E-state index in [-0.39, 0.29) is 48.9 Å². The van der Waals surface area contributed by atoms with Gasteiger partial charge in [0.1, 0.15) is 0 Å². The maximum Gasteiger partial charge on any atom is 0.213 e. The Kier molecular flexibility index (Phi) is 11.1. The molecule has 1 unspecified atom stereocenters. The molecule has 6 nitrogen and oxygen atoms in total. The lowest BCUT2D eigenvalue weighted by Crippen LogP contribution is -2.39. The van der Waals surface area contributed by atoms with E-state index in [1.165, 1.54) is 0 Å². The van der Waals surface area contributed by atoms with E-state index >= 15 is 0 Å². The lowest BCUT2D eigenvalue weighted by Gasteiger charge is -2.18. The molecule has 8 heteroatoms. The first-order chi connectivity index (χ1) is 13.0. The number of nitrogens with zero attached hydrogens (tertiary/aromatic N) is 1. The van der Waals surface area contributed by atoms with Crippen LogP contribution < -0.4 is 15.4 Å². The van der Waals surface area contributed by atoms with E-state index in [0.717, 1.165) is 11.1 Å². The molecule has 0 saturated heterocycles. The molecule has 0 aliphatic rings. The molecule has 0 aliphatic carbocycles. The molecule has 2 rings (SSSR count). The fourth-order valence-electron chi connectivity index (χ4n) is 2.49. The summed E-state index contributed by atoms with van der Waals surface area (Å²) in [4.78, 5) is 4.39. The van der Waals surface area contributed by atoms with Crippen LogP contribution in [0.1, 0.15) is 31.0 Å². The highest BCUT2D eigenvalue weighted by atomic mass is 127. The Bertz CT molecular complexity index is 815. The van der Waals surface area contributed by atoms with Gasteiger partial charge in [-0.15, -0.1) is 24.0 Å². The van der Waals surface area contributed by atoms with E-state index in [9.17, 15) is 8.42 Å². The molecule has 0 fully saturated rings. The second kappa shape index (κ2) is 12.7. The molecule has 28 heavy (non-hydrogen) atoms. The maximum atomic E-state index is 12.2. The van der Waals surface area contributed by atoms with Crippen LogP contribution in [0.15, 0.2) is 65.7 Å². The van der Waals surface area contributed by atoms with Crippen molar-refractivity contribution in [3.8, 4) is 0 Å². The number of halogens is 1. The largest absolute Gasteiger partial charge is 0.357 e. The average molecular weight is 516 g/mol. The van der Waals surface area contributed by atoms with E-state index in [4.69, 9.17) is 0 Å². The number of nitrogens with one attached hydrogen (secondary N) is 3. The molecule has 1 atom stereocenters. The lowest BCUT2D eigenvalue weighted by molar-refractivity contribution is 0.581. The van der Waals surface area contributed by atoms with Crippen LogP contribution in [-0.2, 0) is 16.6 Å². The SMILES string of the molecule is CCNC(=NCCS(=O)(=O)NCc1ccccc1)NC(C)c1ccccc1.I. The molecule has 0 aliphatic heterocycles. The van der Waals surface area contributed by atoms with Gasteiger partial charge in [0.05, 0.1) is 18.3 Å². The Morgan fingerprint density at radius 1 is 1.04 bits per heavy atom. The molecule has 0 spiro atoms. The number of aliphatic imine (C=N–C) groups is 1. The van der Waals surface area contributed by atoms with Crippen molar-refractivity contribution in [1.29, 1.82) is 0 Å². The number of hydrogen-bond donors (Lipinski definition) is 3. The third kappa shape index (κ3) is 9.03. The maximum absolute atomic E-state index is 12.2. The molecule has 0 amide bonds. The van der Waals surface area contributed by atoms with Gasteiger partial charge >= 0.3 is 0 Å². The first-order valence-corrected chi connectivity index (χ1v) is 10.8. The summed E-state index contributed by atoms with van der Waals surface area (Å²) in [6.45, 7) is 5.19. The highest BCUT2D eigenvalue weighted by molar-refractivity contribution is 14.0. The van der Waals surface area contributed by atoms with Crippen molar-refractivity contribution in [3.63, 3.8) is 0 Å². The van der Waals surface area contributed by atoms with E-state index in [2.05, 4.69) is 20.3 Å². The molecule has 154 valence electrons. The molecule has 0 radical (unpaired) electrons. The molecule has 0 bridgehead atoms. The van der Waals surface area contributed by atoms with Gasteiger partial charge in [-0.25, -0.2) is 13.1 Å². The Morgan fingerprint density at radius 3 is 2.25 bits per heavy atom. The van der Waals surface area contributed by atoms with E-state index in [1.807, 2.05) is 74.5 Å². The normalized spacial score (nSPS) is 12.7. The average Bonchev–Trinajstić information content (AvgIpc) is 2.68. The predicted molar refractivity (Wildman–Crippen MR) is 126 cm³/mol. The number of rotatable bonds is 9. The quantitative estimate of drug-likeness (QED) is 0.272. The number of guanidine groups is 1. The van der Waals surface area contributed by atoms with Crippen molar-refractivity contribution in [3.05, 3.63) is 71.8 Å². The number of hydrogen-bond acceptors (Lipinski definition) is 3. The second-order valence-corrected chi connectivity index (χ2v) is 8.09. The first kappa shape index (κ1) is 24.4. The molecule has 2 aromatic rings. The monoisotopic (exact) mass is 516 g/mol. The fourth-order valence-corrected chi connectivity index (χ4v) is 3.35. The molecule has 3 N–H and O–H groups in total. The molecular formula is C20H29IN4O2S. The minimum absolute atomic E-state index is 0. The Morgan fingerprint density at radius 2 is 1.64 bits per heavy atom. The molecule has 2 aromatic carbocycles. The van der Waals surface area contributed by atoms with Crippen molar-refractivity contribution in [2.45, 2.75) is 26.4 Å². The zero-order valence-electron chi connectivity index (χ0n) is 16.3. The zero-order chi connectivity index (χ0) is 19.5. The lowest BCUT2D eigenvalue weighted by atomic mass is 10.1. The van der Waals surface area contributed by atoms with Crippen LogP contribution in [-0.4, -0.2) is 33.2 Å². The van der Waals surface area contributed by atoms with Crippen LogP contribution in [0.25, 0.3) is 0 Å². The zero-order valence-corrected chi connectivity index (χ0v) is 19.4. The Hall–Kier alpha value is -1.65. The van der Waals surface area contributed by atoms with Crippen LogP contribution >= 0.6 is 24.0 Å². The van der Waals surface area contributed by atoms with Gasteiger partial charge in [0.15, 0.2) is 5.96 Å².